The molecule has 0 N–H and O–H groups in total. The van der Waals surface area contributed by atoms with Crippen LogP contribution >= 0.6 is 0 Å². The number of Topliss-reactive ketones (excluding diaryl/α,β-unsaturated/α-hetero) is 1. The largest absolute Gasteiger partial charge is 0.300 e. The number of hydrogen-bond donors (Lipinski definition) is 0. The van der Waals surface area contributed by atoms with Gasteiger partial charge in [0.1, 0.15) is 0 Å². The second-order valence-electron chi connectivity index (χ2n) is 3.82. The van der Waals surface area contributed by atoms with Gasteiger partial charge in [-0.2, -0.15) is 0 Å². The van der Waals surface area contributed by atoms with E-state index in [4.69, 9.17) is 0 Å². The van der Waals surface area contributed by atoms with Crippen molar-refractivity contribution in [3.05, 3.63) is 42.0 Å². The summed E-state index contributed by atoms with van der Waals surface area (Å²) in [7, 11) is 0. The fraction of sp³-hybridized carbons (Fsp3) is 0.143. The predicted molar refractivity (Wildman–Crippen MR) is 65.7 cm³/mol. The standard InChI is InChI=1S/C14H11NO2/c1-10(2)6-5-9-15-12-8-4-3-7-11(12)13(16)14(15)17/h3-4,7-8H,1,9H2,2H3. The van der Waals surface area contributed by atoms with Gasteiger partial charge in [-0.1, -0.05) is 30.6 Å². The van der Waals surface area contributed by atoms with Crippen LogP contribution in [-0.2, 0) is 4.79 Å². The summed E-state index contributed by atoms with van der Waals surface area (Å²) in [4.78, 5) is 24.8. The average molecular weight is 225 g/mol. The molecule has 0 bridgehead atoms. The molecule has 1 amide bonds. The Hall–Kier alpha value is -2.34. The topological polar surface area (TPSA) is 37.4 Å². The Kier molecular flexibility index (Phi) is 2.80. The number of para-hydroxylation sites is 1. The number of fused-ring (bicyclic) bond motifs is 1. The van der Waals surface area contributed by atoms with Crippen LogP contribution in [0, 0.1) is 11.8 Å². The minimum Gasteiger partial charge on any atom is -0.293 e. The molecule has 2 rings (SSSR count). The van der Waals surface area contributed by atoms with Crippen molar-refractivity contribution in [2.24, 2.45) is 0 Å². The van der Waals surface area contributed by atoms with Gasteiger partial charge in [0.25, 0.3) is 11.7 Å². The maximum atomic E-state index is 11.7. The number of carbonyl (C=O) groups is 2. The fourth-order valence-electron chi connectivity index (χ4n) is 1.67. The first-order chi connectivity index (χ1) is 8.11. The molecule has 0 unspecified atom stereocenters. The first-order valence-corrected chi connectivity index (χ1v) is 5.21. The van der Waals surface area contributed by atoms with Gasteiger partial charge in [-0.3, -0.25) is 14.5 Å². The predicted octanol–water partition coefficient (Wildman–Crippen LogP) is 1.80. The van der Waals surface area contributed by atoms with Crippen molar-refractivity contribution in [2.45, 2.75) is 6.92 Å². The molecule has 0 radical (unpaired) electrons. The number of benzene rings is 1. The van der Waals surface area contributed by atoms with Gasteiger partial charge in [-0.25, -0.2) is 0 Å². The van der Waals surface area contributed by atoms with E-state index in [1.807, 2.05) is 0 Å². The van der Waals surface area contributed by atoms with Gasteiger partial charge in [-0.15, -0.1) is 0 Å². The number of carbonyl (C=O) groups excluding carboxylic acids is 2. The van der Waals surface area contributed by atoms with Crippen molar-refractivity contribution in [2.75, 3.05) is 11.4 Å². The van der Waals surface area contributed by atoms with Gasteiger partial charge in [0.15, 0.2) is 0 Å². The Balaban J connectivity index is 2.31. The lowest BCUT2D eigenvalue weighted by Crippen LogP contribution is -2.29. The second kappa shape index (κ2) is 4.26. The van der Waals surface area contributed by atoms with E-state index in [2.05, 4.69) is 18.4 Å². The second-order valence-corrected chi connectivity index (χ2v) is 3.82. The van der Waals surface area contributed by atoms with Crippen LogP contribution in [0.3, 0.4) is 0 Å². The summed E-state index contributed by atoms with van der Waals surface area (Å²) in [5.74, 6) is 4.64. The Morgan fingerprint density at radius 3 is 2.76 bits per heavy atom. The maximum Gasteiger partial charge on any atom is 0.300 e. The normalized spacial score (nSPS) is 13.1. The number of hydrogen-bond acceptors (Lipinski definition) is 2. The molecular formula is C14H11NO2. The summed E-state index contributed by atoms with van der Waals surface area (Å²) in [6.07, 6.45) is 0. The molecule has 1 aromatic carbocycles. The van der Waals surface area contributed by atoms with E-state index in [-0.39, 0.29) is 6.54 Å². The van der Waals surface area contributed by atoms with Gasteiger partial charge in [0.2, 0.25) is 0 Å². The van der Waals surface area contributed by atoms with Crippen LogP contribution in [-0.4, -0.2) is 18.2 Å². The van der Waals surface area contributed by atoms with Crippen LogP contribution in [0.15, 0.2) is 36.4 Å². The average Bonchev–Trinajstić information content (AvgIpc) is 2.54. The molecule has 3 heteroatoms. The molecule has 0 atom stereocenters. The van der Waals surface area contributed by atoms with Crippen LogP contribution in [0.2, 0.25) is 0 Å². The molecule has 17 heavy (non-hydrogen) atoms. The zero-order chi connectivity index (χ0) is 12.4. The zero-order valence-electron chi connectivity index (χ0n) is 9.49. The van der Waals surface area contributed by atoms with E-state index in [9.17, 15) is 9.59 Å². The van der Waals surface area contributed by atoms with Crippen LogP contribution in [0.5, 0.6) is 0 Å². The van der Waals surface area contributed by atoms with Gasteiger partial charge in [0, 0.05) is 0 Å². The number of nitrogens with zero attached hydrogens (tertiary/aromatic N) is 1. The fourth-order valence-corrected chi connectivity index (χ4v) is 1.67. The summed E-state index contributed by atoms with van der Waals surface area (Å²) in [6.45, 7) is 5.66. The Labute approximate surface area is 99.7 Å². The molecular weight excluding hydrogens is 214 g/mol. The quantitative estimate of drug-likeness (QED) is 0.540. The molecule has 84 valence electrons. The summed E-state index contributed by atoms with van der Waals surface area (Å²) in [6, 6.07) is 6.94. The molecule has 1 aromatic rings. The van der Waals surface area contributed by atoms with Gasteiger partial charge >= 0.3 is 0 Å². The molecule has 1 aliphatic rings. The minimum atomic E-state index is -0.512. The third-order valence-corrected chi connectivity index (χ3v) is 2.42. The lowest BCUT2D eigenvalue weighted by atomic mass is 10.1. The summed E-state index contributed by atoms with van der Waals surface area (Å²) < 4.78 is 0. The minimum absolute atomic E-state index is 0.217. The van der Waals surface area contributed by atoms with Crippen LogP contribution in [0.4, 0.5) is 5.69 Å². The summed E-state index contributed by atoms with van der Waals surface area (Å²) >= 11 is 0. The van der Waals surface area contributed by atoms with E-state index >= 15 is 0 Å². The summed E-state index contributed by atoms with van der Waals surface area (Å²) in [5, 5.41) is 0. The maximum absolute atomic E-state index is 11.7. The lowest BCUT2D eigenvalue weighted by molar-refractivity contribution is -0.114. The van der Waals surface area contributed by atoms with Crippen molar-refractivity contribution < 1.29 is 9.59 Å². The van der Waals surface area contributed by atoms with Gasteiger partial charge < -0.3 is 0 Å². The van der Waals surface area contributed by atoms with Gasteiger partial charge in [-0.05, 0) is 24.6 Å². The molecule has 0 saturated carbocycles. The van der Waals surface area contributed by atoms with Crippen molar-refractivity contribution in [1.29, 1.82) is 0 Å². The highest BCUT2D eigenvalue weighted by atomic mass is 16.2. The van der Waals surface area contributed by atoms with Crippen molar-refractivity contribution in [1.82, 2.24) is 0 Å². The monoisotopic (exact) mass is 225 g/mol. The van der Waals surface area contributed by atoms with Crippen LogP contribution < -0.4 is 4.90 Å². The van der Waals surface area contributed by atoms with Gasteiger partial charge in [0.05, 0.1) is 17.8 Å². The van der Waals surface area contributed by atoms with E-state index in [0.29, 0.717) is 11.3 Å². The molecule has 3 nitrogen and oxygen atoms in total. The van der Waals surface area contributed by atoms with Crippen LogP contribution in [0.1, 0.15) is 17.3 Å². The van der Waals surface area contributed by atoms with Crippen molar-refractivity contribution in [3.63, 3.8) is 0 Å². The molecule has 1 aliphatic heterocycles. The molecule has 1 heterocycles. The lowest BCUT2D eigenvalue weighted by Gasteiger charge is -2.11. The third kappa shape index (κ3) is 1.98. The molecule has 0 aliphatic carbocycles. The van der Waals surface area contributed by atoms with E-state index in [1.54, 1.807) is 31.2 Å². The first kappa shape index (κ1) is 11.2. The number of amides is 1. The van der Waals surface area contributed by atoms with E-state index < -0.39 is 11.7 Å². The van der Waals surface area contributed by atoms with Crippen LogP contribution in [0.25, 0.3) is 0 Å². The molecule has 0 spiro atoms. The van der Waals surface area contributed by atoms with E-state index in [0.717, 1.165) is 5.57 Å². The Morgan fingerprint density at radius 2 is 2.06 bits per heavy atom. The molecule has 0 fully saturated rings. The SMILES string of the molecule is C=C(C)C#CCN1C(=O)C(=O)c2ccccc21. The number of rotatable bonds is 1. The highest BCUT2D eigenvalue weighted by Gasteiger charge is 2.34. The van der Waals surface area contributed by atoms with Crippen molar-refractivity contribution >= 4 is 17.4 Å². The Morgan fingerprint density at radius 1 is 1.35 bits per heavy atom. The van der Waals surface area contributed by atoms with Crippen molar-refractivity contribution in [3.8, 4) is 11.8 Å². The molecule has 0 saturated heterocycles. The zero-order valence-corrected chi connectivity index (χ0v) is 9.49. The number of anilines is 1. The Bertz CT molecular complexity index is 575. The number of allylic oxidation sites excluding steroid dienone is 1. The van der Waals surface area contributed by atoms with E-state index in [1.165, 1.54) is 4.90 Å². The smallest absolute Gasteiger partial charge is 0.293 e. The third-order valence-electron chi connectivity index (χ3n) is 2.42. The molecule has 0 aromatic heterocycles. The highest BCUT2D eigenvalue weighted by Crippen LogP contribution is 2.27. The highest BCUT2D eigenvalue weighted by molar-refractivity contribution is 6.52. The number of ketones is 1. The summed E-state index contributed by atoms with van der Waals surface area (Å²) in [5.41, 5.74) is 1.82. The first-order valence-electron chi connectivity index (χ1n) is 5.21.